The summed E-state index contributed by atoms with van der Waals surface area (Å²) in [5.41, 5.74) is 10.6. The van der Waals surface area contributed by atoms with Crippen molar-refractivity contribution in [2.24, 2.45) is 5.73 Å². The van der Waals surface area contributed by atoms with Gasteiger partial charge in [0.15, 0.2) is 0 Å². The fraction of sp³-hybridized carbons (Fsp3) is 0.400. The van der Waals surface area contributed by atoms with Crippen LogP contribution in [0.4, 0.5) is 0 Å². The molecule has 0 spiro atoms. The van der Waals surface area contributed by atoms with Crippen LogP contribution in [0, 0.1) is 6.92 Å². The Morgan fingerprint density at radius 2 is 2.19 bits per heavy atom. The lowest BCUT2D eigenvalue weighted by Crippen LogP contribution is -2.18. The fourth-order valence-corrected chi connectivity index (χ4v) is 4.15. The monoisotopic (exact) mass is 350 g/mol. The summed E-state index contributed by atoms with van der Waals surface area (Å²) in [4.78, 5) is 8.68. The number of nitrogens with two attached hydrogens (primary N) is 1. The molecule has 2 aromatic heterocycles. The first-order valence-corrected chi connectivity index (χ1v) is 9.14. The van der Waals surface area contributed by atoms with Crippen LogP contribution >= 0.6 is 0 Å². The molecule has 1 aliphatic heterocycles. The molecule has 0 bridgehead atoms. The zero-order valence-electron chi connectivity index (χ0n) is 14.8. The standard InChI is InChI=1S/C20H22N4O2/c1-12-15-7-8-24(20(15)23-11-22-12)18-9-14(10-25-18)26-17-4-2-3-13-5-6-16(21)19(13)17/h2-4,7-8,11,14,16,18H,5-6,9-10,21H2,1H3. The number of fused-ring (bicyclic) bond motifs is 2. The summed E-state index contributed by atoms with van der Waals surface area (Å²) in [6.07, 6.45) is 6.38. The highest BCUT2D eigenvalue weighted by molar-refractivity contribution is 5.78. The van der Waals surface area contributed by atoms with Crippen molar-refractivity contribution in [3.8, 4) is 5.75 Å². The molecule has 3 heterocycles. The molecule has 6 nitrogen and oxygen atoms in total. The Hall–Kier alpha value is -2.44. The largest absolute Gasteiger partial charge is 0.487 e. The van der Waals surface area contributed by atoms with Gasteiger partial charge in [-0.25, -0.2) is 9.97 Å². The number of rotatable bonds is 3. The quantitative estimate of drug-likeness (QED) is 0.786. The summed E-state index contributed by atoms with van der Waals surface area (Å²) in [7, 11) is 0. The Morgan fingerprint density at radius 1 is 1.27 bits per heavy atom. The topological polar surface area (TPSA) is 75.2 Å². The highest BCUT2D eigenvalue weighted by atomic mass is 16.6. The van der Waals surface area contributed by atoms with Crippen LogP contribution in [-0.4, -0.2) is 27.2 Å². The lowest BCUT2D eigenvalue weighted by atomic mass is 10.1. The predicted octanol–water partition coefficient (Wildman–Crippen LogP) is 3.05. The maximum absolute atomic E-state index is 6.30. The van der Waals surface area contributed by atoms with Crippen molar-refractivity contribution in [2.75, 3.05) is 6.61 Å². The average Bonchev–Trinajstić information content (AvgIpc) is 3.35. The molecule has 3 atom stereocenters. The molecule has 1 saturated heterocycles. The minimum Gasteiger partial charge on any atom is -0.487 e. The van der Waals surface area contributed by atoms with Crippen LogP contribution < -0.4 is 10.5 Å². The molecule has 1 aliphatic carbocycles. The fourth-order valence-electron chi connectivity index (χ4n) is 4.15. The Bertz CT molecular complexity index is 968. The van der Waals surface area contributed by atoms with E-state index in [1.165, 1.54) is 11.1 Å². The Balaban J connectivity index is 1.37. The molecular formula is C20H22N4O2. The molecular weight excluding hydrogens is 328 g/mol. The summed E-state index contributed by atoms with van der Waals surface area (Å²) in [5, 5.41) is 1.06. The van der Waals surface area contributed by atoms with Gasteiger partial charge in [-0.15, -0.1) is 0 Å². The van der Waals surface area contributed by atoms with E-state index in [1.54, 1.807) is 6.33 Å². The first-order valence-electron chi connectivity index (χ1n) is 9.14. The average molecular weight is 350 g/mol. The highest BCUT2D eigenvalue weighted by Crippen LogP contribution is 2.38. The molecule has 2 N–H and O–H groups in total. The number of ether oxygens (including phenoxy) is 2. The van der Waals surface area contributed by atoms with Gasteiger partial charge in [-0.2, -0.15) is 0 Å². The normalized spacial score (nSPS) is 24.9. The van der Waals surface area contributed by atoms with Crippen LogP contribution in [0.2, 0.25) is 0 Å². The van der Waals surface area contributed by atoms with Gasteiger partial charge in [-0.3, -0.25) is 0 Å². The molecule has 134 valence electrons. The third kappa shape index (κ3) is 2.48. The van der Waals surface area contributed by atoms with Gasteiger partial charge in [0.25, 0.3) is 0 Å². The van der Waals surface area contributed by atoms with Crippen molar-refractivity contribution in [3.05, 3.63) is 53.6 Å². The van der Waals surface area contributed by atoms with E-state index >= 15 is 0 Å². The van der Waals surface area contributed by atoms with Crippen molar-refractivity contribution >= 4 is 11.0 Å². The Labute approximate surface area is 152 Å². The van der Waals surface area contributed by atoms with E-state index in [-0.39, 0.29) is 18.4 Å². The summed E-state index contributed by atoms with van der Waals surface area (Å²) in [6, 6.07) is 8.35. The Kier molecular flexibility index (Phi) is 3.69. The van der Waals surface area contributed by atoms with E-state index in [9.17, 15) is 0 Å². The number of nitrogens with zero attached hydrogens (tertiary/aromatic N) is 3. The van der Waals surface area contributed by atoms with Crippen molar-refractivity contribution < 1.29 is 9.47 Å². The third-order valence-electron chi connectivity index (χ3n) is 5.50. The lowest BCUT2D eigenvalue weighted by molar-refractivity contribution is 0.0526. The SMILES string of the molecule is Cc1ncnc2c1ccn2C1CC(Oc2cccc3c2C(N)CC3)CO1. The van der Waals surface area contributed by atoms with Gasteiger partial charge >= 0.3 is 0 Å². The highest BCUT2D eigenvalue weighted by Gasteiger charge is 2.31. The van der Waals surface area contributed by atoms with Gasteiger partial charge in [0.2, 0.25) is 0 Å². The minimum absolute atomic E-state index is 0.0136. The molecule has 0 radical (unpaired) electrons. The van der Waals surface area contributed by atoms with Crippen LogP contribution in [0.1, 0.15) is 41.9 Å². The van der Waals surface area contributed by atoms with Gasteiger partial charge in [0.05, 0.1) is 12.3 Å². The van der Waals surface area contributed by atoms with Gasteiger partial charge in [-0.05, 0) is 37.5 Å². The minimum atomic E-state index is -0.0720. The van der Waals surface area contributed by atoms with Gasteiger partial charge < -0.3 is 19.8 Å². The smallest absolute Gasteiger partial charge is 0.145 e. The molecule has 5 rings (SSSR count). The van der Waals surface area contributed by atoms with Crippen LogP contribution in [0.5, 0.6) is 5.75 Å². The zero-order valence-corrected chi connectivity index (χ0v) is 14.8. The molecule has 3 aromatic rings. The summed E-state index contributed by atoms with van der Waals surface area (Å²) in [6.45, 7) is 2.56. The Morgan fingerprint density at radius 3 is 3.12 bits per heavy atom. The van der Waals surface area contributed by atoms with E-state index < -0.39 is 0 Å². The third-order valence-corrected chi connectivity index (χ3v) is 5.50. The molecule has 2 aliphatic rings. The maximum Gasteiger partial charge on any atom is 0.145 e. The second kappa shape index (κ2) is 6.07. The number of hydrogen-bond donors (Lipinski definition) is 1. The van der Waals surface area contributed by atoms with Gasteiger partial charge in [0.1, 0.15) is 30.1 Å². The van der Waals surface area contributed by atoms with Crippen LogP contribution in [0.25, 0.3) is 11.0 Å². The van der Waals surface area contributed by atoms with Crippen LogP contribution in [0.3, 0.4) is 0 Å². The van der Waals surface area contributed by atoms with E-state index in [4.69, 9.17) is 15.2 Å². The second-order valence-electron chi connectivity index (χ2n) is 7.16. The number of benzene rings is 1. The number of hydrogen-bond acceptors (Lipinski definition) is 5. The number of aryl methyl sites for hydroxylation is 2. The first-order chi connectivity index (χ1) is 12.7. The molecule has 1 fully saturated rings. The van der Waals surface area contributed by atoms with Crippen molar-refractivity contribution in [1.29, 1.82) is 0 Å². The zero-order chi connectivity index (χ0) is 17.7. The van der Waals surface area contributed by atoms with Crippen molar-refractivity contribution in [1.82, 2.24) is 14.5 Å². The summed E-state index contributed by atoms with van der Waals surface area (Å²) in [5.74, 6) is 0.914. The van der Waals surface area contributed by atoms with Crippen molar-refractivity contribution in [2.45, 2.75) is 44.6 Å². The summed E-state index contributed by atoms with van der Waals surface area (Å²) < 4.78 is 14.4. The molecule has 26 heavy (non-hydrogen) atoms. The number of aromatic nitrogens is 3. The van der Waals surface area contributed by atoms with Crippen LogP contribution in [-0.2, 0) is 11.2 Å². The molecule has 6 heteroatoms. The molecule has 3 unspecified atom stereocenters. The van der Waals surface area contributed by atoms with Crippen molar-refractivity contribution in [3.63, 3.8) is 0 Å². The van der Waals surface area contributed by atoms with Crippen LogP contribution in [0.15, 0.2) is 36.8 Å². The second-order valence-corrected chi connectivity index (χ2v) is 7.16. The summed E-state index contributed by atoms with van der Waals surface area (Å²) >= 11 is 0. The van der Waals surface area contributed by atoms with E-state index in [0.717, 1.165) is 41.7 Å². The van der Waals surface area contributed by atoms with Gasteiger partial charge in [0, 0.05) is 29.6 Å². The van der Waals surface area contributed by atoms with Gasteiger partial charge in [-0.1, -0.05) is 12.1 Å². The lowest BCUT2D eigenvalue weighted by Gasteiger charge is -2.17. The molecule has 0 saturated carbocycles. The van der Waals surface area contributed by atoms with E-state index in [1.807, 2.05) is 25.3 Å². The predicted molar refractivity (Wildman–Crippen MR) is 98.0 cm³/mol. The van der Waals surface area contributed by atoms with E-state index in [0.29, 0.717) is 6.61 Å². The van der Waals surface area contributed by atoms with E-state index in [2.05, 4.69) is 26.7 Å². The first kappa shape index (κ1) is 15.8. The maximum atomic E-state index is 6.30. The molecule has 0 amide bonds. The molecule has 1 aromatic carbocycles.